The van der Waals surface area contributed by atoms with E-state index in [0.717, 1.165) is 0 Å². The van der Waals surface area contributed by atoms with Gasteiger partial charge in [-0.1, -0.05) is 0 Å². The molecule has 0 spiro atoms. The fourth-order valence-electron chi connectivity index (χ4n) is 0.577. The van der Waals surface area contributed by atoms with Gasteiger partial charge in [0.05, 0.1) is 0 Å². The number of amides is 1. The molecule has 0 unspecified atom stereocenters. The maximum absolute atomic E-state index is 10.3. The molecule has 0 aliphatic heterocycles. The number of nitrogens with two attached hydrogens (primary N) is 1. The van der Waals surface area contributed by atoms with Gasteiger partial charge in [0.1, 0.15) is 12.7 Å². The van der Waals surface area contributed by atoms with Crippen molar-refractivity contribution in [3.8, 4) is 0 Å². The Morgan fingerprint density at radius 3 is 2.60 bits per heavy atom. The van der Waals surface area contributed by atoms with Crippen molar-refractivity contribution in [1.82, 2.24) is 14.8 Å². The van der Waals surface area contributed by atoms with Crippen LogP contribution in [0.4, 0.5) is 0 Å². The highest BCUT2D eigenvalue weighted by molar-refractivity contribution is 5.73. The van der Waals surface area contributed by atoms with Gasteiger partial charge in [-0.05, 0) is 0 Å². The first-order valence-electron chi connectivity index (χ1n) is 2.90. The maximum atomic E-state index is 10.3. The van der Waals surface area contributed by atoms with Crippen LogP contribution in [0, 0.1) is 0 Å². The largest absolute Gasteiger partial charge is 0.370 e. The highest BCUT2D eigenvalue weighted by Gasteiger charge is 1.94. The number of carbonyl (C=O) groups excluding carboxylic acids is 1. The Balaban J connectivity index is 2.35. The summed E-state index contributed by atoms with van der Waals surface area (Å²) in [4.78, 5) is 10.3. The lowest BCUT2D eigenvalue weighted by Gasteiger charge is -1.94. The summed E-state index contributed by atoms with van der Waals surface area (Å²) in [5.41, 5.74) is 4.92. The Hall–Kier alpha value is -1.39. The summed E-state index contributed by atoms with van der Waals surface area (Å²) in [6, 6.07) is 0. The number of aromatic nitrogens is 3. The van der Waals surface area contributed by atoms with Crippen LogP contribution < -0.4 is 5.73 Å². The molecule has 1 amide bonds. The molecule has 1 rings (SSSR count). The number of primary amides is 1. The van der Waals surface area contributed by atoms with E-state index in [9.17, 15) is 4.79 Å². The summed E-state index contributed by atoms with van der Waals surface area (Å²) in [7, 11) is 0. The molecule has 10 heavy (non-hydrogen) atoms. The predicted octanol–water partition coefficient (Wildman–Crippen LogP) is -0.847. The van der Waals surface area contributed by atoms with Crippen molar-refractivity contribution >= 4 is 5.91 Å². The quantitative estimate of drug-likeness (QED) is 0.594. The number of rotatable bonds is 3. The lowest BCUT2D eigenvalue weighted by Crippen LogP contribution is -2.13. The molecule has 5 nitrogen and oxygen atoms in total. The summed E-state index contributed by atoms with van der Waals surface area (Å²) in [5, 5.41) is 7.12. The Morgan fingerprint density at radius 1 is 1.50 bits per heavy atom. The summed E-state index contributed by atoms with van der Waals surface area (Å²) in [6.45, 7) is 0.558. The molecule has 0 atom stereocenters. The number of aryl methyl sites for hydroxylation is 1. The van der Waals surface area contributed by atoms with Crippen molar-refractivity contribution in [2.24, 2.45) is 5.73 Å². The van der Waals surface area contributed by atoms with Crippen LogP contribution in [0.25, 0.3) is 0 Å². The Morgan fingerprint density at radius 2 is 2.10 bits per heavy atom. The van der Waals surface area contributed by atoms with Crippen molar-refractivity contribution < 1.29 is 4.79 Å². The third-order valence-corrected chi connectivity index (χ3v) is 1.08. The van der Waals surface area contributed by atoms with Crippen molar-refractivity contribution in [3.05, 3.63) is 12.7 Å². The van der Waals surface area contributed by atoms with E-state index in [1.165, 1.54) is 0 Å². The first-order chi connectivity index (χ1) is 4.79. The van der Waals surface area contributed by atoms with E-state index in [-0.39, 0.29) is 5.91 Å². The van der Waals surface area contributed by atoms with E-state index in [4.69, 9.17) is 5.73 Å². The summed E-state index contributed by atoms with van der Waals surface area (Å²) >= 11 is 0. The Kier molecular flexibility index (Phi) is 1.99. The third kappa shape index (κ3) is 1.85. The molecule has 0 fully saturated rings. The summed E-state index contributed by atoms with van der Waals surface area (Å²) < 4.78 is 1.70. The number of hydrogen-bond donors (Lipinski definition) is 1. The van der Waals surface area contributed by atoms with Crippen molar-refractivity contribution in [2.45, 2.75) is 13.0 Å². The van der Waals surface area contributed by atoms with Crippen molar-refractivity contribution in [3.63, 3.8) is 0 Å². The van der Waals surface area contributed by atoms with E-state index in [1.807, 2.05) is 0 Å². The Bertz CT molecular complexity index is 205. The average molecular weight is 140 g/mol. The molecular weight excluding hydrogens is 132 g/mol. The van der Waals surface area contributed by atoms with Crippen LogP contribution in [-0.4, -0.2) is 20.7 Å². The second-order valence-electron chi connectivity index (χ2n) is 1.92. The van der Waals surface area contributed by atoms with Gasteiger partial charge in [0, 0.05) is 13.0 Å². The maximum Gasteiger partial charge on any atom is 0.219 e. The normalized spacial score (nSPS) is 9.60. The first-order valence-corrected chi connectivity index (χ1v) is 2.90. The van der Waals surface area contributed by atoms with Gasteiger partial charge in [0.2, 0.25) is 5.91 Å². The van der Waals surface area contributed by atoms with E-state index in [2.05, 4.69) is 10.2 Å². The minimum absolute atomic E-state index is 0.311. The zero-order valence-electron chi connectivity index (χ0n) is 5.40. The molecule has 0 saturated carbocycles. The molecule has 0 aromatic carbocycles. The van der Waals surface area contributed by atoms with Crippen molar-refractivity contribution in [2.75, 3.05) is 0 Å². The van der Waals surface area contributed by atoms with E-state index < -0.39 is 0 Å². The minimum atomic E-state index is -0.311. The molecule has 1 heterocycles. The molecule has 5 heteroatoms. The molecule has 0 radical (unpaired) electrons. The van der Waals surface area contributed by atoms with Gasteiger partial charge < -0.3 is 10.3 Å². The molecule has 0 bridgehead atoms. The highest BCUT2D eigenvalue weighted by Crippen LogP contribution is 1.85. The van der Waals surface area contributed by atoms with Gasteiger partial charge in [-0.25, -0.2) is 0 Å². The summed E-state index contributed by atoms with van der Waals surface area (Å²) in [5.74, 6) is -0.311. The highest BCUT2D eigenvalue weighted by atomic mass is 16.1. The summed E-state index contributed by atoms with van der Waals surface area (Å²) in [6.07, 6.45) is 3.42. The topological polar surface area (TPSA) is 73.8 Å². The number of carbonyl (C=O) groups is 1. The van der Waals surface area contributed by atoms with Crippen LogP contribution in [-0.2, 0) is 11.3 Å². The number of nitrogens with zero attached hydrogens (tertiary/aromatic N) is 3. The smallest absolute Gasteiger partial charge is 0.219 e. The fourth-order valence-corrected chi connectivity index (χ4v) is 0.577. The van der Waals surface area contributed by atoms with Crippen LogP contribution in [0.1, 0.15) is 6.42 Å². The molecule has 0 aliphatic rings. The van der Waals surface area contributed by atoms with Gasteiger partial charge in [0.15, 0.2) is 0 Å². The zero-order valence-corrected chi connectivity index (χ0v) is 5.40. The van der Waals surface area contributed by atoms with Crippen LogP contribution >= 0.6 is 0 Å². The average Bonchev–Trinajstić information content (AvgIpc) is 2.34. The third-order valence-electron chi connectivity index (χ3n) is 1.08. The molecule has 1 aromatic rings. The Labute approximate surface area is 57.9 Å². The van der Waals surface area contributed by atoms with Crippen LogP contribution in [0.3, 0.4) is 0 Å². The van der Waals surface area contributed by atoms with Gasteiger partial charge in [-0.2, -0.15) is 0 Å². The molecular formula is C5H8N4O. The molecule has 54 valence electrons. The van der Waals surface area contributed by atoms with Crippen LogP contribution in [0.2, 0.25) is 0 Å². The van der Waals surface area contributed by atoms with E-state index >= 15 is 0 Å². The van der Waals surface area contributed by atoms with Crippen LogP contribution in [0.5, 0.6) is 0 Å². The zero-order chi connectivity index (χ0) is 7.40. The first kappa shape index (κ1) is 6.73. The number of hydrogen-bond acceptors (Lipinski definition) is 3. The van der Waals surface area contributed by atoms with Gasteiger partial charge in [-0.15, -0.1) is 10.2 Å². The monoisotopic (exact) mass is 140 g/mol. The SMILES string of the molecule is NC(=O)CCn1cnnc1. The molecule has 2 N–H and O–H groups in total. The second-order valence-corrected chi connectivity index (χ2v) is 1.92. The standard InChI is InChI=1S/C5H8N4O/c6-5(10)1-2-9-3-7-8-4-9/h3-4H,1-2H2,(H2,6,10). The van der Waals surface area contributed by atoms with Crippen molar-refractivity contribution in [1.29, 1.82) is 0 Å². The second kappa shape index (κ2) is 2.95. The lowest BCUT2D eigenvalue weighted by molar-refractivity contribution is -0.118. The van der Waals surface area contributed by atoms with Gasteiger partial charge in [-0.3, -0.25) is 4.79 Å². The molecule has 1 aromatic heterocycles. The van der Waals surface area contributed by atoms with Gasteiger partial charge in [0.25, 0.3) is 0 Å². The van der Waals surface area contributed by atoms with E-state index in [0.29, 0.717) is 13.0 Å². The van der Waals surface area contributed by atoms with Gasteiger partial charge >= 0.3 is 0 Å². The fraction of sp³-hybridized carbons (Fsp3) is 0.400. The molecule has 0 aliphatic carbocycles. The van der Waals surface area contributed by atoms with Crippen LogP contribution in [0.15, 0.2) is 12.7 Å². The lowest BCUT2D eigenvalue weighted by atomic mass is 10.4. The van der Waals surface area contributed by atoms with E-state index in [1.54, 1.807) is 17.2 Å². The molecule has 0 saturated heterocycles. The predicted molar refractivity (Wildman–Crippen MR) is 33.8 cm³/mol. The minimum Gasteiger partial charge on any atom is -0.370 e.